The Bertz CT molecular complexity index is 578. The lowest BCUT2D eigenvalue weighted by atomic mass is 10.1. The quantitative estimate of drug-likeness (QED) is 0.193. The third-order valence-electron chi connectivity index (χ3n) is 3.49. The number of carboxylic acid groups (broad SMARTS) is 2. The van der Waals surface area contributed by atoms with E-state index < -0.39 is 66.4 Å². The van der Waals surface area contributed by atoms with Crippen LogP contribution in [0.4, 0.5) is 0 Å². The Morgan fingerprint density at radius 1 is 0.889 bits per heavy atom. The number of carbonyl (C=O) groups is 5. The van der Waals surface area contributed by atoms with Crippen LogP contribution < -0.4 is 21.7 Å². The summed E-state index contributed by atoms with van der Waals surface area (Å²) in [5.41, 5.74) is 5.39. The van der Waals surface area contributed by atoms with Gasteiger partial charge >= 0.3 is 11.9 Å². The monoisotopic (exact) mass is 390 g/mol. The maximum atomic E-state index is 12.4. The zero-order valence-corrected chi connectivity index (χ0v) is 15.3. The second kappa shape index (κ2) is 11.1. The van der Waals surface area contributed by atoms with E-state index in [1.165, 1.54) is 20.8 Å². The lowest BCUT2D eigenvalue weighted by Gasteiger charge is -2.25. The maximum Gasteiger partial charge on any atom is 0.325 e. The zero-order valence-electron chi connectivity index (χ0n) is 15.3. The van der Waals surface area contributed by atoms with Crippen LogP contribution in [0, 0.1) is 0 Å². The number of hydrogen-bond donors (Lipinski definition) is 7. The van der Waals surface area contributed by atoms with Crippen LogP contribution >= 0.6 is 0 Å². The molecule has 8 N–H and O–H groups in total. The smallest absolute Gasteiger partial charge is 0.325 e. The van der Waals surface area contributed by atoms with E-state index in [2.05, 4.69) is 16.0 Å². The topological polar surface area (TPSA) is 208 Å². The molecule has 12 nitrogen and oxygen atoms in total. The van der Waals surface area contributed by atoms with E-state index in [9.17, 15) is 29.1 Å². The molecule has 12 heteroatoms. The molecule has 0 bridgehead atoms. The van der Waals surface area contributed by atoms with Crippen molar-refractivity contribution >= 4 is 29.7 Å². The van der Waals surface area contributed by atoms with Gasteiger partial charge in [0.15, 0.2) is 0 Å². The fraction of sp³-hybridized carbons (Fsp3) is 0.667. The molecule has 0 saturated carbocycles. The van der Waals surface area contributed by atoms with Crippen molar-refractivity contribution in [1.29, 1.82) is 0 Å². The molecule has 0 heterocycles. The second-order valence-electron chi connectivity index (χ2n) is 6.08. The van der Waals surface area contributed by atoms with Crippen molar-refractivity contribution in [2.75, 3.05) is 0 Å². The molecule has 5 unspecified atom stereocenters. The van der Waals surface area contributed by atoms with Gasteiger partial charge in [-0.1, -0.05) is 0 Å². The first-order valence-electron chi connectivity index (χ1n) is 8.16. The average molecular weight is 390 g/mol. The summed E-state index contributed by atoms with van der Waals surface area (Å²) in [4.78, 5) is 57.8. The summed E-state index contributed by atoms with van der Waals surface area (Å²) in [6, 6.07) is -5.06. The van der Waals surface area contributed by atoms with E-state index in [0.717, 1.165) is 0 Å². The summed E-state index contributed by atoms with van der Waals surface area (Å²) in [5.74, 6) is -5.14. The molecule has 0 aromatic rings. The molecule has 0 rings (SSSR count). The van der Waals surface area contributed by atoms with Crippen LogP contribution in [0.3, 0.4) is 0 Å². The van der Waals surface area contributed by atoms with Gasteiger partial charge < -0.3 is 37.0 Å². The van der Waals surface area contributed by atoms with E-state index in [-0.39, 0.29) is 6.42 Å². The predicted molar refractivity (Wildman–Crippen MR) is 91.3 cm³/mol. The normalized spacial score (nSPS) is 16.2. The summed E-state index contributed by atoms with van der Waals surface area (Å²) in [7, 11) is 0. The van der Waals surface area contributed by atoms with E-state index in [0.29, 0.717) is 0 Å². The van der Waals surface area contributed by atoms with Gasteiger partial charge in [0.05, 0.1) is 12.1 Å². The molecule has 0 radical (unpaired) electrons. The first-order chi connectivity index (χ1) is 12.4. The number of nitrogens with two attached hydrogens (primary N) is 1. The molecule has 0 saturated heterocycles. The minimum atomic E-state index is -1.44. The van der Waals surface area contributed by atoms with Crippen molar-refractivity contribution in [3.63, 3.8) is 0 Å². The van der Waals surface area contributed by atoms with Crippen molar-refractivity contribution in [3.05, 3.63) is 0 Å². The number of nitrogens with one attached hydrogen (secondary N) is 3. The number of aliphatic hydroxyl groups is 1. The van der Waals surface area contributed by atoms with E-state index in [1.54, 1.807) is 0 Å². The van der Waals surface area contributed by atoms with Crippen molar-refractivity contribution < 1.29 is 39.3 Å². The molecule has 0 aliphatic carbocycles. The number of aliphatic carboxylic acids is 2. The third-order valence-corrected chi connectivity index (χ3v) is 3.49. The van der Waals surface area contributed by atoms with E-state index >= 15 is 0 Å². The number of carbonyl (C=O) groups excluding carboxylic acids is 3. The van der Waals surface area contributed by atoms with Gasteiger partial charge in [-0.05, 0) is 27.2 Å². The van der Waals surface area contributed by atoms with E-state index in [4.69, 9.17) is 15.9 Å². The number of hydrogen-bond acceptors (Lipinski definition) is 7. The van der Waals surface area contributed by atoms with E-state index in [1.807, 2.05) is 0 Å². The lowest BCUT2D eigenvalue weighted by molar-refractivity contribution is -0.142. The molecule has 5 atom stereocenters. The Hall–Kier alpha value is -2.73. The Labute approximate surface area is 155 Å². The van der Waals surface area contributed by atoms with Gasteiger partial charge in [0.25, 0.3) is 0 Å². The molecular formula is C15H26N4O8. The minimum absolute atomic E-state index is 0.326. The van der Waals surface area contributed by atoms with Gasteiger partial charge in [-0.25, -0.2) is 0 Å². The van der Waals surface area contributed by atoms with Crippen LogP contribution in [-0.4, -0.2) is 75.3 Å². The first-order valence-corrected chi connectivity index (χ1v) is 8.16. The number of amides is 3. The summed E-state index contributed by atoms with van der Waals surface area (Å²) in [5, 5.41) is 33.9. The number of rotatable bonds is 11. The highest BCUT2D eigenvalue weighted by Crippen LogP contribution is 2.02. The predicted octanol–water partition coefficient (Wildman–Crippen LogP) is -2.86. The molecule has 0 aliphatic heterocycles. The Kier molecular flexibility index (Phi) is 9.96. The highest BCUT2D eigenvalue weighted by Gasteiger charge is 2.31. The highest BCUT2D eigenvalue weighted by atomic mass is 16.4. The van der Waals surface area contributed by atoms with Gasteiger partial charge in [0.2, 0.25) is 17.7 Å². The van der Waals surface area contributed by atoms with Crippen LogP contribution in [0.15, 0.2) is 0 Å². The summed E-state index contributed by atoms with van der Waals surface area (Å²) < 4.78 is 0. The second-order valence-corrected chi connectivity index (χ2v) is 6.08. The lowest BCUT2D eigenvalue weighted by Crippen LogP contribution is -2.59. The van der Waals surface area contributed by atoms with Crippen LogP contribution in [-0.2, 0) is 24.0 Å². The van der Waals surface area contributed by atoms with Gasteiger partial charge in [0.1, 0.15) is 18.1 Å². The van der Waals surface area contributed by atoms with Gasteiger partial charge in [-0.3, -0.25) is 24.0 Å². The fourth-order valence-corrected chi connectivity index (χ4v) is 1.86. The fourth-order valence-electron chi connectivity index (χ4n) is 1.86. The van der Waals surface area contributed by atoms with Crippen LogP contribution in [0.5, 0.6) is 0 Å². The molecule has 3 amide bonds. The number of carboxylic acids is 2. The van der Waals surface area contributed by atoms with Crippen LogP contribution in [0.25, 0.3) is 0 Å². The molecular weight excluding hydrogens is 364 g/mol. The largest absolute Gasteiger partial charge is 0.481 e. The van der Waals surface area contributed by atoms with Gasteiger partial charge in [-0.2, -0.15) is 0 Å². The van der Waals surface area contributed by atoms with Gasteiger partial charge in [0, 0.05) is 6.42 Å². The standard InChI is InChI=1S/C15H26N4O8/c1-6(16)12(23)19-11(8(3)20)14(25)18-9(4-5-10(21)22)13(24)17-7(2)15(26)27/h6-9,11,20H,4-5,16H2,1-3H3,(H,17,24)(H,18,25)(H,19,23)(H,21,22)(H,26,27). The molecule has 0 aromatic carbocycles. The molecule has 0 aromatic heterocycles. The zero-order chi connectivity index (χ0) is 21.3. The van der Waals surface area contributed by atoms with Crippen molar-refractivity contribution in [2.45, 2.75) is 63.9 Å². The van der Waals surface area contributed by atoms with Crippen LogP contribution in [0.1, 0.15) is 33.6 Å². The Morgan fingerprint density at radius 3 is 1.85 bits per heavy atom. The van der Waals surface area contributed by atoms with Crippen molar-refractivity contribution in [2.24, 2.45) is 5.73 Å². The SMILES string of the molecule is CC(N)C(=O)NC(C(=O)NC(CCC(=O)O)C(=O)NC(C)C(=O)O)C(C)O. The summed E-state index contributed by atoms with van der Waals surface area (Å²) in [6.07, 6.45) is -2.15. The van der Waals surface area contributed by atoms with Crippen molar-refractivity contribution in [1.82, 2.24) is 16.0 Å². The Balaban J connectivity index is 5.26. The molecule has 27 heavy (non-hydrogen) atoms. The molecule has 0 aliphatic rings. The summed E-state index contributed by atoms with van der Waals surface area (Å²) >= 11 is 0. The molecule has 154 valence electrons. The Morgan fingerprint density at radius 2 is 1.44 bits per heavy atom. The highest BCUT2D eigenvalue weighted by molar-refractivity contribution is 5.94. The average Bonchev–Trinajstić information content (AvgIpc) is 2.54. The van der Waals surface area contributed by atoms with Crippen molar-refractivity contribution in [3.8, 4) is 0 Å². The minimum Gasteiger partial charge on any atom is -0.481 e. The van der Waals surface area contributed by atoms with Gasteiger partial charge in [-0.15, -0.1) is 0 Å². The summed E-state index contributed by atoms with van der Waals surface area (Å²) in [6.45, 7) is 3.78. The molecule has 0 spiro atoms. The maximum absolute atomic E-state index is 12.4. The first kappa shape index (κ1) is 24.3. The third kappa shape index (κ3) is 8.96. The molecule has 0 fully saturated rings. The number of aliphatic hydroxyl groups excluding tert-OH is 1. The van der Waals surface area contributed by atoms with Crippen LogP contribution in [0.2, 0.25) is 0 Å².